The van der Waals surface area contributed by atoms with Crippen LogP contribution in [0.15, 0.2) is 79.4 Å². The number of benzene rings is 3. The third-order valence-electron chi connectivity index (χ3n) is 7.15. The molecule has 1 saturated heterocycles. The van der Waals surface area contributed by atoms with Crippen molar-refractivity contribution in [2.45, 2.75) is 0 Å². The maximum atomic E-state index is 14.5. The molecule has 11 nitrogen and oxygen atoms in total. The van der Waals surface area contributed by atoms with Gasteiger partial charge in [0.05, 0.1) is 24.3 Å². The maximum Gasteiger partial charge on any atom is 0.323 e. The second-order valence-corrected chi connectivity index (χ2v) is 10.4. The van der Waals surface area contributed by atoms with Gasteiger partial charge in [0.1, 0.15) is 18.0 Å². The Morgan fingerprint density at radius 3 is 2.23 bits per heavy atom. The highest BCUT2D eigenvalue weighted by Crippen LogP contribution is 2.31. The molecule has 0 aliphatic carbocycles. The van der Waals surface area contributed by atoms with E-state index in [2.05, 4.69) is 25.5 Å². The molecule has 1 fully saturated rings. The van der Waals surface area contributed by atoms with Crippen LogP contribution in [0.25, 0.3) is 33.4 Å². The van der Waals surface area contributed by atoms with Crippen molar-refractivity contribution in [3.8, 4) is 22.5 Å². The number of anilines is 3. The number of fused-ring (bicyclic) bond motifs is 1. The zero-order chi connectivity index (χ0) is 30.6. The number of ether oxygens (including phenoxy) is 1. The maximum absolute atomic E-state index is 14.5. The third kappa shape index (κ3) is 6.15. The minimum Gasteiger partial charge on any atom is -0.378 e. The summed E-state index contributed by atoms with van der Waals surface area (Å²) in [5.74, 6) is 0.190. The number of nitrogens with zero attached hydrogens (tertiary/aromatic N) is 6. The Bertz CT molecular complexity index is 1830. The molecule has 5 aromatic rings. The van der Waals surface area contributed by atoms with Gasteiger partial charge in [-0.05, 0) is 60.2 Å². The van der Waals surface area contributed by atoms with Gasteiger partial charge in [-0.1, -0.05) is 6.07 Å². The first kappa shape index (κ1) is 28.6. The fraction of sp³-hybridized carbons (Fsp3) is 0.188. The summed E-state index contributed by atoms with van der Waals surface area (Å²) < 4.78 is 20.0. The SMILES string of the molecule is CN(C)C(=O)c1ccc(NC(=O)Nc2ccc(-c3nc(N4CCOCC4)c4ccc(-c5cncnc5)cc4n3)cc2)cc1F. The van der Waals surface area contributed by atoms with Crippen molar-refractivity contribution in [3.63, 3.8) is 0 Å². The molecule has 2 aromatic heterocycles. The predicted molar refractivity (Wildman–Crippen MR) is 166 cm³/mol. The number of rotatable bonds is 6. The zero-order valence-corrected chi connectivity index (χ0v) is 24.1. The number of aromatic nitrogens is 4. The van der Waals surface area contributed by atoms with E-state index in [1.54, 1.807) is 38.6 Å². The van der Waals surface area contributed by atoms with Gasteiger partial charge in [0, 0.05) is 67.5 Å². The van der Waals surface area contributed by atoms with Gasteiger partial charge in [-0.2, -0.15) is 0 Å². The summed E-state index contributed by atoms with van der Waals surface area (Å²) in [6.07, 6.45) is 5.02. The van der Waals surface area contributed by atoms with Crippen LogP contribution < -0.4 is 15.5 Å². The standard InChI is InChI=1S/C32H29FN8O3/c1-40(2)31(42)25-10-8-24(16-27(25)33)37-32(43)36-23-6-3-20(4-7-23)29-38-28-15-21(22-17-34-19-35-18-22)5-9-26(28)30(39-29)41-11-13-44-14-12-41/h3-10,15-19H,11-14H2,1-2H3,(H2,36,37,43). The molecule has 0 atom stereocenters. The Kier molecular flexibility index (Phi) is 8.06. The van der Waals surface area contributed by atoms with Gasteiger partial charge in [-0.15, -0.1) is 0 Å². The number of amides is 3. The van der Waals surface area contributed by atoms with Gasteiger partial charge in [0.2, 0.25) is 0 Å². The zero-order valence-electron chi connectivity index (χ0n) is 24.1. The molecular weight excluding hydrogens is 563 g/mol. The van der Waals surface area contributed by atoms with Crippen LogP contribution in [0.2, 0.25) is 0 Å². The molecule has 0 bridgehead atoms. The van der Waals surface area contributed by atoms with E-state index in [4.69, 9.17) is 14.7 Å². The Morgan fingerprint density at radius 1 is 0.841 bits per heavy atom. The number of morpholine rings is 1. The molecule has 3 amide bonds. The number of urea groups is 1. The first-order valence-electron chi connectivity index (χ1n) is 14.0. The molecule has 6 rings (SSSR count). The number of carbonyl (C=O) groups excluding carboxylic acids is 2. The van der Waals surface area contributed by atoms with Crippen molar-refractivity contribution in [3.05, 3.63) is 90.8 Å². The van der Waals surface area contributed by atoms with Crippen LogP contribution in [0.5, 0.6) is 0 Å². The Morgan fingerprint density at radius 2 is 1.52 bits per heavy atom. The normalized spacial score (nSPS) is 13.0. The predicted octanol–water partition coefficient (Wildman–Crippen LogP) is 5.08. The number of hydrogen-bond acceptors (Lipinski definition) is 8. The molecule has 1 aliphatic heterocycles. The van der Waals surface area contributed by atoms with E-state index in [1.165, 1.54) is 23.4 Å². The number of hydrogen-bond donors (Lipinski definition) is 2. The van der Waals surface area contributed by atoms with Gasteiger partial charge in [-0.3, -0.25) is 4.79 Å². The van der Waals surface area contributed by atoms with Gasteiger partial charge in [0.15, 0.2) is 5.82 Å². The summed E-state index contributed by atoms with van der Waals surface area (Å²) in [6.45, 7) is 2.67. The summed E-state index contributed by atoms with van der Waals surface area (Å²) in [7, 11) is 3.08. The van der Waals surface area contributed by atoms with Gasteiger partial charge >= 0.3 is 6.03 Å². The van der Waals surface area contributed by atoms with Crippen molar-refractivity contribution in [1.82, 2.24) is 24.8 Å². The molecular formula is C32H29FN8O3. The first-order valence-corrected chi connectivity index (χ1v) is 14.0. The average Bonchev–Trinajstić information content (AvgIpc) is 3.05. The fourth-order valence-corrected chi connectivity index (χ4v) is 4.89. The summed E-state index contributed by atoms with van der Waals surface area (Å²) in [4.78, 5) is 46.3. The van der Waals surface area contributed by atoms with Crippen LogP contribution in [-0.2, 0) is 4.74 Å². The molecule has 222 valence electrons. The molecule has 0 saturated carbocycles. The van der Waals surface area contributed by atoms with Crippen LogP contribution in [0.4, 0.5) is 26.4 Å². The Hall–Kier alpha value is -5.49. The summed E-state index contributed by atoms with van der Waals surface area (Å²) >= 11 is 0. The van der Waals surface area contributed by atoms with Crippen molar-refractivity contribution < 1.29 is 18.7 Å². The highest BCUT2D eigenvalue weighted by Gasteiger charge is 2.19. The second kappa shape index (κ2) is 12.4. The van der Waals surface area contributed by atoms with Crippen LogP contribution in [0.1, 0.15) is 10.4 Å². The molecule has 12 heteroatoms. The van der Waals surface area contributed by atoms with Gasteiger partial charge in [-0.25, -0.2) is 29.1 Å². The van der Waals surface area contributed by atoms with E-state index >= 15 is 0 Å². The largest absolute Gasteiger partial charge is 0.378 e. The lowest BCUT2D eigenvalue weighted by Gasteiger charge is -2.29. The Labute approximate surface area is 252 Å². The van der Waals surface area contributed by atoms with E-state index in [9.17, 15) is 14.0 Å². The molecule has 44 heavy (non-hydrogen) atoms. The lowest BCUT2D eigenvalue weighted by Crippen LogP contribution is -2.37. The molecule has 1 aliphatic rings. The van der Waals surface area contributed by atoms with E-state index in [1.807, 2.05) is 30.3 Å². The second-order valence-electron chi connectivity index (χ2n) is 10.4. The summed E-state index contributed by atoms with van der Waals surface area (Å²) in [6, 6.07) is 16.6. The quantitative estimate of drug-likeness (QED) is 0.280. The number of halogens is 1. The molecule has 0 spiro atoms. The third-order valence-corrected chi connectivity index (χ3v) is 7.15. The van der Waals surface area contributed by atoms with Gasteiger partial charge < -0.3 is 25.2 Å². The van der Waals surface area contributed by atoms with E-state index in [-0.39, 0.29) is 11.3 Å². The topological polar surface area (TPSA) is 125 Å². The van der Waals surface area contributed by atoms with Crippen molar-refractivity contribution in [1.29, 1.82) is 0 Å². The lowest BCUT2D eigenvalue weighted by molar-refractivity contribution is 0.0823. The van der Waals surface area contributed by atoms with Crippen LogP contribution in [0.3, 0.4) is 0 Å². The highest BCUT2D eigenvalue weighted by atomic mass is 19.1. The van der Waals surface area contributed by atoms with Crippen LogP contribution >= 0.6 is 0 Å². The minimum atomic E-state index is -0.720. The highest BCUT2D eigenvalue weighted by molar-refractivity contribution is 6.01. The number of nitrogens with one attached hydrogen (secondary N) is 2. The minimum absolute atomic E-state index is 0.0745. The van der Waals surface area contributed by atoms with Crippen LogP contribution in [-0.4, -0.2) is 77.2 Å². The molecule has 0 radical (unpaired) electrons. The summed E-state index contributed by atoms with van der Waals surface area (Å²) in [5.41, 5.74) is 4.04. The van der Waals surface area contributed by atoms with Gasteiger partial charge in [0.25, 0.3) is 5.91 Å². The average molecular weight is 593 g/mol. The first-order chi connectivity index (χ1) is 21.4. The van der Waals surface area contributed by atoms with Crippen LogP contribution in [0, 0.1) is 5.82 Å². The number of carbonyl (C=O) groups is 2. The van der Waals surface area contributed by atoms with E-state index in [0.717, 1.165) is 52.6 Å². The van der Waals surface area contributed by atoms with Crippen molar-refractivity contribution >= 4 is 40.0 Å². The fourth-order valence-electron chi connectivity index (χ4n) is 4.89. The smallest absolute Gasteiger partial charge is 0.323 e. The monoisotopic (exact) mass is 592 g/mol. The molecule has 2 N–H and O–H groups in total. The van der Waals surface area contributed by atoms with Crippen molar-refractivity contribution in [2.75, 3.05) is 55.9 Å². The lowest BCUT2D eigenvalue weighted by atomic mass is 10.1. The van der Waals surface area contributed by atoms with E-state index < -0.39 is 17.8 Å². The van der Waals surface area contributed by atoms with E-state index in [0.29, 0.717) is 24.7 Å². The molecule has 3 heterocycles. The molecule has 0 unspecified atom stereocenters. The Balaban J connectivity index is 1.24. The van der Waals surface area contributed by atoms with Crippen molar-refractivity contribution in [2.24, 2.45) is 0 Å². The molecule has 3 aromatic carbocycles. The summed E-state index contributed by atoms with van der Waals surface area (Å²) in [5, 5.41) is 6.26.